The van der Waals surface area contributed by atoms with Crippen molar-refractivity contribution in [2.45, 2.75) is 12.5 Å². The first-order valence-electron chi connectivity index (χ1n) is 5.50. The van der Waals surface area contributed by atoms with Crippen molar-refractivity contribution in [1.29, 1.82) is 0 Å². The number of amides is 1. The molecule has 1 aliphatic rings. The smallest absolute Gasteiger partial charge is 0.248 e. The van der Waals surface area contributed by atoms with Crippen molar-refractivity contribution in [2.24, 2.45) is 5.73 Å². The summed E-state index contributed by atoms with van der Waals surface area (Å²) in [7, 11) is 0. The Labute approximate surface area is 100 Å². The molecule has 1 amide bonds. The zero-order valence-electron chi connectivity index (χ0n) is 9.52. The van der Waals surface area contributed by atoms with Crippen LogP contribution in [0.25, 0.3) is 5.57 Å². The minimum atomic E-state index is -0.511. The van der Waals surface area contributed by atoms with Gasteiger partial charge in [0.05, 0.1) is 13.2 Å². The maximum absolute atomic E-state index is 10.9. The Morgan fingerprint density at radius 2 is 2.12 bits per heavy atom. The summed E-state index contributed by atoms with van der Waals surface area (Å²) < 4.78 is 10.9. The molecular formula is C13H15NO3. The third-order valence-electron chi connectivity index (χ3n) is 2.69. The Bertz CT molecular complexity index is 419. The van der Waals surface area contributed by atoms with Gasteiger partial charge in [0.25, 0.3) is 0 Å². The van der Waals surface area contributed by atoms with Gasteiger partial charge < -0.3 is 15.2 Å². The summed E-state index contributed by atoms with van der Waals surface area (Å²) in [5.41, 5.74) is 6.17. The van der Waals surface area contributed by atoms with Gasteiger partial charge in [-0.15, -0.1) is 0 Å². The minimum absolute atomic E-state index is 0.125. The van der Waals surface area contributed by atoms with E-state index in [1.165, 1.54) is 0 Å². The van der Waals surface area contributed by atoms with E-state index in [9.17, 15) is 4.79 Å². The molecule has 17 heavy (non-hydrogen) atoms. The maximum Gasteiger partial charge on any atom is 0.248 e. The van der Waals surface area contributed by atoms with Crippen molar-refractivity contribution in [3.8, 4) is 5.75 Å². The molecule has 1 aromatic carbocycles. The van der Waals surface area contributed by atoms with E-state index in [-0.39, 0.29) is 6.10 Å². The van der Waals surface area contributed by atoms with Gasteiger partial charge in [-0.25, -0.2) is 0 Å². The molecule has 4 heteroatoms. The molecule has 1 heterocycles. The SMILES string of the molecule is C=C(C(N)=O)c1ccc(OC2CCOC2)cc1. The van der Waals surface area contributed by atoms with E-state index in [4.69, 9.17) is 15.2 Å². The predicted molar refractivity (Wildman–Crippen MR) is 64.5 cm³/mol. The molecule has 0 aliphatic carbocycles. The van der Waals surface area contributed by atoms with E-state index in [0.29, 0.717) is 17.7 Å². The van der Waals surface area contributed by atoms with Crippen molar-refractivity contribution in [3.63, 3.8) is 0 Å². The summed E-state index contributed by atoms with van der Waals surface area (Å²) in [4.78, 5) is 10.9. The summed E-state index contributed by atoms with van der Waals surface area (Å²) in [6, 6.07) is 7.17. The fourth-order valence-corrected chi connectivity index (χ4v) is 1.68. The second-order valence-electron chi connectivity index (χ2n) is 3.97. The van der Waals surface area contributed by atoms with Crippen molar-refractivity contribution in [2.75, 3.05) is 13.2 Å². The molecule has 90 valence electrons. The van der Waals surface area contributed by atoms with E-state index >= 15 is 0 Å². The molecule has 0 radical (unpaired) electrons. The number of hydrogen-bond acceptors (Lipinski definition) is 3. The molecule has 0 saturated carbocycles. The Kier molecular flexibility index (Phi) is 3.44. The highest BCUT2D eigenvalue weighted by Gasteiger charge is 2.17. The second-order valence-corrected chi connectivity index (χ2v) is 3.97. The fourth-order valence-electron chi connectivity index (χ4n) is 1.68. The molecule has 0 aromatic heterocycles. The van der Waals surface area contributed by atoms with E-state index in [0.717, 1.165) is 18.8 Å². The Morgan fingerprint density at radius 1 is 1.41 bits per heavy atom. The summed E-state index contributed by atoms with van der Waals surface area (Å²) >= 11 is 0. The zero-order valence-corrected chi connectivity index (χ0v) is 9.52. The third-order valence-corrected chi connectivity index (χ3v) is 2.69. The fraction of sp³-hybridized carbons (Fsp3) is 0.308. The number of ether oxygens (including phenoxy) is 2. The third kappa shape index (κ3) is 2.85. The first-order chi connectivity index (χ1) is 8.16. The topological polar surface area (TPSA) is 61.6 Å². The zero-order chi connectivity index (χ0) is 12.3. The van der Waals surface area contributed by atoms with Gasteiger partial charge in [-0.3, -0.25) is 4.79 Å². The van der Waals surface area contributed by atoms with Crippen molar-refractivity contribution in [3.05, 3.63) is 36.4 Å². The number of hydrogen-bond donors (Lipinski definition) is 1. The lowest BCUT2D eigenvalue weighted by molar-refractivity contribution is -0.112. The van der Waals surface area contributed by atoms with Gasteiger partial charge in [0.15, 0.2) is 0 Å². The molecule has 1 fully saturated rings. The molecule has 2 N–H and O–H groups in total. The summed E-state index contributed by atoms with van der Waals surface area (Å²) in [5, 5.41) is 0. The first-order valence-corrected chi connectivity index (χ1v) is 5.50. The van der Waals surface area contributed by atoms with Crippen LogP contribution in [-0.4, -0.2) is 25.2 Å². The van der Waals surface area contributed by atoms with Gasteiger partial charge in [0, 0.05) is 12.0 Å². The monoisotopic (exact) mass is 233 g/mol. The van der Waals surface area contributed by atoms with Crippen LogP contribution in [-0.2, 0) is 9.53 Å². The number of rotatable bonds is 4. The van der Waals surface area contributed by atoms with Crippen LogP contribution in [0.15, 0.2) is 30.8 Å². The van der Waals surface area contributed by atoms with E-state index in [1.54, 1.807) is 12.1 Å². The van der Waals surface area contributed by atoms with Gasteiger partial charge in [0.1, 0.15) is 11.9 Å². The van der Waals surface area contributed by atoms with E-state index < -0.39 is 5.91 Å². The van der Waals surface area contributed by atoms with Gasteiger partial charge in [-0.1, -0.05) is 18.7 Å². The Morgan fingerprint density at radius 3 is 2.65 bits per heavy atom. The van der Waals surface area contributed by atoms with Crippen molar-refractivity contribution in [1.82, 2.24) is 0 Å². The largest absolute Gasteiger partial charge is 0.488 e. The summed E-state index contributed by atoms with van der Waals surface area (Å²) in [5.74, 6) is 0.254. The van der Waals surface area contributed by atoms with Gasteiger partial charge >= 0.3 is 0 Å². The number of carbonyl (C=O) groups is 1. The summed E-state index contributed by atoms with van der Waals surface area (Å²) in [6.07, 6.45) is 1.04. The lowest BCUT2D eigenvalue weighted by atomic mass is 10.1. The first kappa shape index (κ1) is 11.7. The molecule has 1 saturated heterocycles. The molecule has 1 atom stereocenters. The molecule has 0 spiro atoms. The second kappa shape index (κ2) is 5.01. The Balaban J connectivity index is 2.02. The van der Waals surface area contributed by atoms with Crippen LogP contribution in [0.4, 0.5) is 0 Å². The molecule has 4 nitrogen and oxygen atoms in total. The van der Waals surface area contributed by atoms with Crippen molar-refractivity contribution < 1.29 is 14.3 Å². The number of primary amides is 1. The van der Waals surface area contributed by atoms with Crippen LogP contribution in [0.1, 0.15) is 12.0 Å². The lowest BCUT2D eigenvalue weighted by Gasteiger charge is -2.12. The normalized spacial score (nSPS) is 18.9. The molecule has 1 aromatic rings. The van der Waals surface area contributed by atoms with Crippen LogP contribution in [0.5, 0.6) is 5.75 Å². The number of carbonyl (C=O) groups excluding carboxylic acids is 1. The molecule has 0 bridgehead atoms. The van der Waals surface area contributed by atoms with Gasteiger partial charge in [0.2, 0.25) is 5.91 Å². The number of nitrogens with two attached hydrogens (primary N) is 1. The minimum Gasteiger partial charge on any atom is -0.488 e. The molecule has 1 unspecified atom stereocenters. The van der Waals surface area contributed by atoms with E-state index in [2.05, 4.69) is 6.58 Å². The van der Waals surface area contributed by atoms with Gasteiger partial charge in [-0.2, -0.15) is 0 Å². The maximum atomic E-state index is 10.9. The molecule has 2 rings (SSSR count). The highest BCUT2D eigenvalue weighted by Crippen LogP contribution is 2.20. The van der Waals surface area contributed by atoms with Gasteiger partial charge in [-0.05, 0) is 17.7 Å². The quantitative estimate of drug-likeness (QED) is 0.798. The molecular weight excluding hydrogens is 218 g/mol. The highest BCUT2D eigenvalue weighted by atomic mass is 16.5. The average Bonchev–Trinajstić information content (AvgIpc) is 2.82. The van der Waals surface area contributed by atoms with Crippen LogP contribution < -0.4 is 10.5 Å². The summed E-state index contributed by atoms with van der Waals surface area (Å²) in [6.45, 7) is 5.01. The van der Waals surface area contributed by atoms with E-state index in [1.807, 2.05) is 12.1 Å². The number of benzene rings is 1. The van der Waals surface area contributed by atoms with Crippen LogP contribution in [0, 0.1) is 0 Å². The Hall–Kier alpha value is -1.81. The van der Waals surface area contributed by atoms with Crippen molar-refractivity contribution >= 4 is 11.5 Å². The standard InChI is InChI=1S/C13H15NO3/c1-9(13(14)15)10-2-4-11(5-3-10)17-12-6-7-16-8-12/h2-5,12H,1,6-8H2,(H2,14,15). The molecule has 1 aliphatic heterocycles. The van der Waals surface area contributed by atoms with Crippen LogP contribution in [0.3, 0.4) is 0 Å². The highest BCUT2D eigenvalue weighted by molar-refractivity contribution is 6.17. The predicted octanol–water partition coefficient (Wildman–Crippen LogP) is 1.35. The lowest BCUT2D eigenvalue weighted by Crippen LogP contribution is -2.15. The van der Waals surface area contributed by atoms with Crippen LogP contribution >= 0.6 is 0 Å². The average molecular weight is 233 g/mol. The van der Waals surface area contributed by atoms with Crippen LogP contribution in [0.2, 0.25) is 0 Å².